The van der Waals surface area contributed by atoms with Gasteiger partial charge in [0, 0.05) is 16.6 Å². The number of carbonyl (C=O) groups excluding carboxylic acids is 3. The van der Waals surface area contributed by atoms with Crippen LogP contribution in [0.2, 0.25) is 0 Å². The number of nitrogens with zero attached hydrogens (tertiary/aromatic N) is 1. The zero-order valence-corrected chi connectivity index (χ0v) is 21.3. The summed E-state index contributed by atoms with van der Waals surface area (Å²) in [4.78, 5) is 41.5. The summed E-state index contributed by atoms with van der Waals surface area (Å²) in [7, 11) is 1.72. The Morgan fingerprint density at radius 3 is 2.71 bits per heavy atom. The maximum absolute atomic E-state index is 14.0. The van der Waals surface area contributed by atoms with Gasteiger partial charge < -0.3 is 26.0 Å². The van der Waals surface area contributed by atoms with Crippen molar-refractivity contribution < 1.29 is 19.1 Å². The van der Waals surface area contributed by atoms with Crippen LogP contribution in [0.4, 0.5) is 0 Å². The molecule has 6 atom stereocenters. The molecular weight excluding hydrogens is 464 g/mol. The van der Waals surface area contributed by atoms with Gasteiger partial charge in [-0.1, -0.05) is 31.0 Å². The van der Waals surface area contributed by atoms with E-state index in [1.54, 1.807) is 30.6 Å². The maximum Gasteiger partial charge on any atom is 0.246 e. The van der Waals surface area contributed by atoms with E-state index >= 15 is 0 Å². The summed E-state index contributed by atoms with van der Waals surface area (Å²) >= 11 is 1.80. The van der Waals surface area contributed by atoms with Crippen LogP contribution in [-0.4, -0.2) is 65.0 Å². The number of carbonyl (C=O) groups is 3. The summed E-state index contributed by atoms with van der Waals surface area (Å²) in [6, 6.07) is 6.38. The van der Waals surface area contributed by atoms with E-state index in [-0.39, 0.29) is 33.8 Å². The monoisotopic (exact) mass is 500 g/mol. The summed E-state index contributed by atoms with van der Waals surface area (Å²) in [6.45, 7) is 2.40. The van der Waals surface area contributed by atoms with E-state index < -0.39 is 24.0 Å². The number of amides is 3. The highest BCUT2D eigenvalue weighted by Crippen LogP contribution is 2.57. The predicted molar refractivity (Wildman–Crippen MR) is 135 cm³/mol. The van der Waals surface area contributed by atoms with E-state index in [4.69, 9.17) is 10.5 Å². The third-order valence-electron chi connectivity index (χ3n) is 8.57. The van der Waals surface area contributed by atoms with Gasteiger partial charge in [-0.25, -0.2) is 0 Å². The van der Waals surface area contributed by atoms with Crippen molar-refractivity contribution in [2.75, 3.05) is 13.7 Å². The average Bonchev–Trinajstić information content (AvgIpc) is 3.42. The van der Waals surface area contributed by atoms with E-state index in [0.29, 0.717) is 13.0 Å². The van der Waals surface area contributed by atoms with Gasteiger partial charge in [0.2, 0.25) is 17.7 Å². The molecule has 1 aromatic carbocycles. The fraction of sp³-hybridized carbons (Fsp3) is 0.654. The first kappa shape index (κ1) is 24.4. The van der Waals surface area contributed by atoms with Crippen molar-refractivity contribution in [1.29, 1.82) is 0 Å². The molecule has 2 saturated heterocycles. The molecule has 3 amide bonds. The summed E-state index contributed by atoms with van der Waals surface area (Å²) < 4.78 is 5.92. The molecule has 3 fully saturated rings. The Morgan fingerprint density at radius 1 is 1.26 bits per heavy atom. The van der Waals surface area contributed by atoms with Crippen molar-refractivity contribution in [1.82, 2.24) is 15.5 Å². The largest absolute Gasteiger partial charge is 0.493 e. The van der Waals surface area contributed by atoms with Crippen molar-refractivity contribution in [2.45, 2.75) is 86.5 Å². The van der Waals surface area contributed by atoms with Crippen LogP contribution in [0.1, 0.15) is 63.4 Å². The number of rotatable bonds is 5. The number of nitrogens with one attached hydrogen (secondary N) is 2. The molecule has 0 aromatic heterocycles. The van der Waals surface area contributed by atoms with E-state index in [2.05, 4.69) is 16.7 Å². The molecule has 4 N–H and O–H groups in total. The minimum Gasteiger partial charge on any atom is -0.493 e. The standard InChI is InChI=1S/C26H36N4O4S/c1-15(28-2)24(32)29-18-13-20(17-9-12-34-19-8-4-3-7-16(17)19)35-21-14-26(10-5-6-11-26)22(23(27)31)30(21)25(18)33/h3-4,7-8,15,17-18,20-22,28H,5-6,9-14H2,1-2H3,(H2,27,31)(H,29,32)/t15-,17+,18?,20?,21?,22?/m0/s1. The van der Waals surface area contributed by atoms with E-state index in [0.717, 1.165) is 49.8 Å². The molecule has 9 heteroatoms. The maximum atomic E-state index is 14.0. The molecule has 1 aromatic rings. The van der Waals surface area contributed by atoms with Crippen molar-refractivity contribution in [3.05, 3.63) is 29.8 Å². The molecule has 3 heterocycles. The Kier molecular flexibility index (Phi) is 6.74. The van der Waals surface area contributed by atoms with Gasteiger partial charge in [0.05, 0.1) is 18.0 Å². The number of likely N-dealkylation sites (N-methyl/N-ethyl adjacent to an activating group) is 1. The van der Waals surface area contributed by atoms with Gasteiger partial charge in [-0.3, -0.25) is 14.4 Å². The average molecular weight is 501 g/mol. The highest BCUT2D eigenvalue weighted by molar-refractivity contribution is 8.00. The first-order valence-electron chi connectivity index (χ1n) is 12.8. The van der Waals surface area contributed by atoms with Crippen LogP contribution in [0.15, 0.2) is 24.3 Å². The predicted octanol–water partition coefficient (Wildman–Crippen LogP) is 2.12. The number of ether oxygens (including phenoxy) is 1. The second kappa shape index (κ2) is 9.65. The Morgan fingerprint density at radius 2 is 2.00 bits per heavy atom. The van der Waals surface area contributed by atoms with Crippen molar-refractivity contribution in [3.63, 3.8) is 0 Å². The van der Waals surface area contributed by atoms with Crippen LogP contribution in [0.25, 0.3) is 0 Å². The number of para-hydroxylation sites is 1. The summed E-state index contributed by atoms with van der Waals surface area (Å²) in [6.07, 6.45) is 6.09. The number of hydrogen-bond donors (Lipinski definition) is 3. The lowest BCUT2D eigenvalue weighted by Crippen LogP contribution is -2.57. The zero-order chi connectivity index (χ0) is 24.7. The smallest absolute Gasteiger partial charge is 0.246 e. The second-order valence-electron chi connectivity index (χ2n) is 10.5. The first-order chi connectivity index (χ1) is 16.8. The normalized spacial score (nSPS) is 32.3. The number of fused-ring (bicyclic) bond motifs is 2. The molecule has 0 radical (unpaired) electrons. The molecular formula is C26H36N4O4S. The topological polar surface area (TPSA) is 114 Å². The third-order valence-corrected chi connectivity index (χ3v) is 10.1. The molecule has 0 bridgehead atoms. The lowest BCUT2D eigenvalue weighted by molar-refractivity contribution is -0.143. The second-order valence-corrected chi connectivity index (χ2v) is 12.0. The molecule has 5 rings (SSSR count). The first-order valence-corrected chi connectivity index (χ1v) is 13.8. The van der Waals surface area contributed by atoms with E-state index in [1.165, 1.54) is 0 Å². The molecule has 3 aliphatic heterocycles. The lowest BCUT2D eigenvalue weighted by atomic mass is 9.78. The Balaban J connectivity index is 1.52. The van der Waals surface area contributed by atoms with E-state index in [9.17, 15) is 14.4 Å². The molecule has 8 nitrogen and oxygen atoms in total. The van der Waals surface area contributed by atoms with Gasteiger partial charge in [-0.15, -0.1) is 11.8 Å². The van der Waals surface area contributed by atoms with Gasteiger partial charge >= 0.3 is 0 Å². The molecule has 1 saturated carbocycles. The van der Waals surface area contributed by atoms with Crippen LogP contribution in [0.3, 0.4) is 0 Å². The number of thioether (sulfide) groups is 1. The summed E-state index contributed by atoms with van der Waals surface area (Å²) in [5.41, 5.74) is 6.88. The lowest BCUT2D eigenvalue weighted by Gasteiger charge is -2.34. The van der Waals surface area contributed by atoms with Crippen LogP contribution in [0, 0.1) is 5.41 Å². The number of nitrogens with two attached hydrogens (primary N) is 1. The zero-order valence-electron chi connectivity index (χ0n) is 20.5. The van der Waals surface area contributed by atoms with Crippen LogP contribution in [-0.2, 0) is 14.4 Å². The SMILES string of the molecule is CN[C@@H](C)C(=O)NC1CC([C@@H]2CCOc3ccccc32)SC2CC3(CCCC3)C(C(N)=O)N2C1=O. The van der Waals surface area contributed by atoms with Crippen molar-refractivity contribution >= 4 is 29.5 Å². The van der Waals surface area contributed by atoms with Gasteiger partial charge in [-0.2, -0.15) is 0 Å². The van der Waals surface area contributed by atoms with Gasteiger partial charge in [0.15, 0.2) is 0 Å². The summed E-state index contributed by atoms with van der Waals surface area (Å²) in [5.74, 6) is 0.285. The third kappa shape index (κ3) is 4.31. The fourth-order valence-corrected chi connectivity index (χ4v) is 8.70. The number of hydrogen-bond acceptors (Lipinski definition) is 6. The number of benzene rings is 1. The molecule has 1 spiro atoms. The number of primary amides is 1. The Bertz CT molecular complexity index is 997. The molecule has 190 valence electrons. The van der Waals surface area contributed by atoms with Crippen molar-refractivity contribution in [3.8, 4) is 5.75 Å². The highest BCUT2D eigenvalue weighted by atomic mass is 32.2. The van der Waals surface area contributed by atoms with Gasteiger partial charge in [0.25, 0.3) is 0 Å². The molecule has 1 aliphatic carbocycles. The molecule has 4 unspecified atom stereocenters. The van der Waals surface area contributed by atoms with Gasteiger partial charge in [0.1, 0.15) is 17.8 Å². The quantitative estimate of drug-likeness (QED) is 0.571. The van der Waals surface area contributed by atoms with Crippen LogP contribution >= 0.6 is 11.8 Å². The highest BCUT2D eigenvalue weighted by Gasteiger charge is 2.60. The van der Waals surface area contributed by atoms with Crippen LogP contribution < -0.4 is 21.1 Å². The van der Waals surface area contributed by atoms with Crippen molar-refractivity contribution in [2.24, 2.45) is 11.1 Å². The molecule has 35 heavy (non-hydrogen) atoms. The van der Waals surface area contributed by atoms with Gasteiger partial charge in [-0.05, 0) is 57.7 Å². The van der Waals surface area contributed by atoms with E-state index in [1.807, 2.05) is 18.2 Å². The minimum absolute atomic E-state index is 0.0965. The summed E-state index contributed by atoms with van der Waals surface area (Å²) in [5, 5.41) is 5.94. The Labute approximate surface area is 211 Å². The minimum atomic E-state index is -0.700. The Hall–Kier alpha value is -2.26. The fourth-order valence-electron chi connectivity index (χ4n) is 6.73. The van der Waals surface area contributed by atoms with Crippen LogP contribution in [0.5, 0.6) is 5.75 Å². The molecule has 4 aliphatic rings.